The number of rotatable bonds is 4. The van der Waals surface area contributed by atoms with Crippen LogP contribution >= 0.6 is 11.6 Å². The van der Waals surface area contributed by atoms with Gasteiger partial charge in [0.2, 0.25) is 0 Å². The number of aromatic nitrogens is 1. The van der Waals surface area contributed by atoms with Crippen molar-refractivity contribution in [2.24, 2.45) is 5.92 Å². The Kier molecular flexibility index (Phi) is 4.03. The molecule has 0 saturated carbocycles. The molecule has 0 N–H and O–H groups in total. The van der Waals surface area contributed by atoms with Gasteiger partial charge in [-0.05, 0) is 18.4 Å². The van der Waals surface area contributed by atoms with Crippen molar-refractivity contribution < 1.29 is 4.74 Å². The van der Waals surface area contributed by atoms with Gasteiger partial charge in [0, 0.05) is 12.3 Å². The summed E-state index contributed by atoms with van der Waals surface area (Å²) < 4.78 is 5.47. The summed E-state index contributed by atoms with van der Waals surface area (Å²) in [6.45, 7) is 5.07. The molecule has 0 spiro atoms. The number of pyridine rings is 1. The average Bonchev–Trinajstić information content (AvgIpc) is 2.03. The highest BCUT2D eigenvalue weighted by Crippen LogP contribution is 2.14. The molecule has 0 saturated heterocycles. The predicted octanol–water partition coefficient (Wildman–Crippen LogP) is 3.16. The molecule has 0 radical (unpaired) electrons. The SMILES string of the molecule is CC(C)CCOc1ccnc(Cl)c1. The van der Waals surface area contributed by atoms with Crippen molar-refractivity contribution in [3.63, 3.8) is 0 Å². The van der Waals surface area contributed by atoms with Crippen LogP contribution < -0.4 is 4.74 Å². The molecule has 0 bridgehead atoms. The smallest absolute Gasteiger partial charge is 0.132 e. The molecule has 0 aliphatic heterocycles. The first-order chi connectivity index (χ1) is 6.18. The third-order valence-electron chi connectivity index (χ3n) is 1.66. The van der Waals surface area contributed by atoms with E-state index in [0.717, 1.165) is 18.8 Å². The second-order valence-electron chi connectivity index (χ2n) is 3.35. The van der Waals surface area contributed by atoms with Crippen molar-refractivity contribution in [1.29, 1.82) is 0 Å². The van der Waals surface area contributed by atoms with Crippen LogP contribution in [0.5, 0.6) is 5.75 Å². The van der Waals surface area contributed by atoms with Gasteiger partial charge in [0.15, 0.2) is 0 Å². The molecule has 0 amide bonds. The lowest BCUT2D eigenvalue weighted by atomic mass is 10.1. The summed E-state index contributed by atoms with van der Waals surface area (Å²) in [7, 11) is 0. The van der Waals surface area contributed by atoms with Crippen LogP contribution in [0.2, 0.25) is 5.15 Å². The summed E-state index contributed by atoms with van der Waals surface area (Å²) in [6, 6.07) is 3.54. The van der Waals surface area contributed by atoms with Crippen molar-refractivity contribution >= 4 is 11.6 Å². The first-order valence-electron chi connectivity index (χ1n) is 4.43. The summed E-state index contributed by atoms with van der Waals surface area (Å²) in [5.41, 5.74) is 0. The Bertz CT molecular complexity index is 263. The Hall–Kier alpha value is -0.760. The lowest BCUT2D eigenvalue weighted by Crippen LogP contribution is -2.01. The molecule has 1 rings (SSSR count). The van der Waals surface area contributed by atoms with Crippen molar-refractivity contribution in [2.45, 2.75) is 20.3 Å². The number of hydrogen-bond acceptors (Lipinski definition) is 2. The van der Waals surface area contributed by atoms with E-state index < -0.39 is 0 Å². The van der Waals surface area contributed by atoms with Gasteiger partial charge >= 0.3 is 0 Å². The average molecular weight is 200 g/mol. The molecule has 0 atom stereocenters. The van der Waals surface area contributed by atoms with Crippen molar-refractivity contribution in [3.8, 4) is 5.75 Å². The molecule has 3 heteroatoms. The van der Waals surface area contributed by atoms with Crippen LogP contribution in [0.15, 0.2) is 18.3 Å². The molecule has 72 valence electrons. The van der Waals surface area contributed by atoms with Crippen LogP contribution in [0.3, 0.4) is 0 Å². The van der Waals surface area contributed by atoms with Crippen LogP contribution in [0.25, 0.3) is 0 Å². The summed E-state index contributed by atoms with van der Waals surface area (Å²) in [5, 5.41) is 0.474. The zero-order valence-corrected chi connectivity index (χ0v) is 8.71. The maximum atomic E-state index is 5.70. The molecule has 0 unspecified atom stereocenters. The Balaban J connectivity index is 2.37. The van der Waals surface area contributed by atoms with Gasteiger partial charge in [0.05, 0.1) is 6.61 Å². The quantitative estimate of drug-likeness (QED) is 0.695. The summed E-state index contributed by atoms with van der Waals surface area (Å²) >= 11 is 5.70. The molecule has 2 nitrogen and oxygen atoms in total. The maximum absolute atomic E-state index is 5.70. The van der Waals surface area contributed by atoms with Gasteiger partial charge in [-0.1, -0.05) is 25.4 Å². The van der Waals surface area contributed by atoms with Gasteiger partial charge < -0.3 is 4.74 Å². The van der Waals surface area contributed by atoms with E-state index in [0.29, 0.717) is 11.1 Å². The standard InChI is InChI=1S/C10H14ClNO/c1-8(2)4-6-13-9-3-5-12-10(11)7-9/h3,5,7-8H,4,6H2,1-2H3. The molecular weight excluding hydrogens is 186 g/mol. The fraction of sp³-hybridized carbons (Fsp3) is 0.500. The molecule has 0 aliphatic rings. The number of hydrogen-bond donors (Lipinski definition) is 0. The Morgan fingerprint density at radius 3 is 2.92 bits per heavy atom. The van der Waals surface area contributed by atoms with E-state index in [1.54, 1.807) is 12.3 Å². The largest absolute Gasteiger partial charge is 0.493 e. The molecule has 0 fully saturated rings. The molecule has 1 aromatic heterocycles. The van der Waals surface area contributed by atoms with Crippen LogP contribution in [0.1, 0.15) is 20.3 Å². The van der Waals surface area contributed by atoms with E-state index in [-0.39, 0.29) is 0 Å². The molecule has 1 heterocycles. The maximum Gasteiger partial charge on any atom is 0.132 e. The Morgan fingerprint density at radius 1 is 1.54 bits per heavy atom. The lowest BCUT2D eigenvalue weighted by Gasteiger charge is -2.07. The van der Waals surface area contributed by atoms with E-state index in [4.69, 9.17) is 16.3 Å². The van der Waals surface area contributed by atoms with Crippen molar-refractivity contribution in [1.82, 2.24) is 4.98 Å². The van der Waals surface area contributed by atoms with E-state index in [9.17, 15) is 0 Å². The minimum absolute atomic E-state index is 0.474. The highest BCUT2D eigenvalue weighted by molar-refractivity contribution is 6.29. The monoisotopic (exact) mass is 199 g/mol. The normalized spacial score (nSPS) is 10.5. The van der Waals surface area contributed by atoms with Gasteiger partial charge in [-0.2, -0.15) is 0 Å². The molecule has 13 heavy (non-hydrogen) atoms. The van der Waals surface area contributed by atoms with Crippen molar-refractivity contribution in [2.75, 3.05) is 6.61 Å². The van der Waals surface area contributed by atoms with E-state index in [1.807, 2.05) is 6.07 Å². The fourth-order valence-corrected chi connectivity index (χ4v) is 1.05. The Labute approximate surface area is 83.9 Å². The van der Waals surface area contributed by atoms with Crippen LogP contribution in [0.4, 0.5) is 0 Å². The summed E-state index contributed by atoms with van der Waals surface area (Å²) in [4.78, 5) is 3.87. The molecule has 0 aliphatic carbocycles. The summed E-state index contributed by atoms with van der Waals surface area (Å²) in [6.07, 6.45) is 2.70. The fourth-order valence-electron chi connectivity index (χ4n) is 0.887. The first kappa shape index (κ1) is 10.3. The second-order valence-corrected chi connectivity index (χ2v) is 3.73. The summed E-state index contributed by atoms with van der Waals surface area (Å²) in [5.74, 6) is 1.46. The van der Waals surface area contributed by atoms with Gasteiger partial charge in [0.25, 0.3) is 0 Å². The van der Waals surface area contributed by atoms with Gasteiger partial charge in [0.1, 0.15) is 10.9 Å². The zero-order valence-electron chi connectivity index (χ0n) is 7.96. The van der Waals surface area contributed by atoms with Crippen LogP contribution in [-0.2, 0) is 0 Å². The number of nitrogens with zero attached hydrogens (tertiary/aromatic N) is 1. The topological polar surface area (TPSA) is 22.1 Å². The number of halogens is 1. The molecular formula is C10H14ClNO. The van der Waals surface area contributed by atoms with E-state index in [2.05, 4.69) is 18.8 Å². The van der Waals surface area contributed by atoms with E-state index in [1.165, 1.54) is 0 Å². The minimum Gasteiger partial charge on any atom is -0.493 e. The highest BCUT2D eigenvalue weighted by Gasteiger charge is 1.97. The first-order valence-corrected chi connectivity index (χ1v) is 4.80. The third-order valence-corrected chi connectivity index (χ3v) is 1.87. The van der Waals surface area contributed by atoms with Gasteiger partial charge in [-0.25, -0.2) is 4.98 Å². The Morgan fingerprint density at radius 2 is 2.31 bits per heavy atom. The van der Waals surface area contributed by atoms with E-state index >= 15 is 0 Å². The lowest BCUT2D eigenvalue weighted by molar-refractivity contribution is 0.289. The molecule has 1 aromatic rings. The molecule has 0 aromatic carbocycles. The van der Waals surface area contributed by atoms with Crippen molar-refractivity contribution in [3.05, 3.63) is 23.5 Å². The van der Waals surface area contributed by atoms with Crippen LogP contribution in [0, 0.1) is 5.92 Å². The minimum atomic E-state index is 0.474. The third kappa shape index (κ3) is 4.13. The van der Waals surface area contributed by atoms with Gasteiger partial charge in [-0.15, -0.1) is 0 Å². The highest BCUT2D eigenvalue weighted by atomic mass is 35.5. The zero-order chi connectivity index (χ0) is 9.68. The van der Waals surface area contributed by atoms with Crippen LogP contribution in [-0.4, -0.2) is 11.6 Å². The predicted molar refractivity (Wildman–Crippen MR) is 54.2 cm³/mol. The number of ether oxygens (including phenoxy) is 1. The van der Waals surface area contributed by atoms with Gasteiger partial charge in [-0.3, -0.25) is 0 Å². The second kappa shape index (κ2) is 5.07.